The second-order valence-electron chi connectivity index (χ2n) is 5.04. The lowest BCUT2D eigenvalue weighted by Crippen LogP contribution is -2.37. The Morgan fingerprint density at radius 1 is 1.35 bits per heavy atom. The molecule has 0 amide bonds. The molecule has 0 unspecified atom stereocenters. The van der Waals surface area contributed by atoms with Gasteiger partial charge < -0.3 is 0 Å². The van der Waals surface area contributed by atoms with Gasteiger partial charge in [-0.1, -0.05) is 6.07 Å². The minimum atomic E-state index is -3.38. The summed E-state index contributed by atoms with van der Waals surface area (Å²) in [6.07, 6.45) is 4.75. The molecular formula is C13H17N3O2S2. The van der Waals surface area contributed by atoms with Gasteiger partial charge in [0.1, 0.15) is 4.90 Å². The summed E-state index contributed by atoms with van der Waals surface area (Å²) in [7, 11) is -1.66. The number of thiophene rings is 1. The predicted molar refractivity (Wildman–Crippen MR) is 78.3 cm³/mol. The number of piperidine rings is 1. The maximum absolute atomic E-state index is 12.5. The van der Waals surface area contributed by atoms with Crippen LogP contribution in [0.15, 0.2) is 34.8 Å². The van der Waals surface area contributed by atoms with Crippen molar-refractivity contribution in [2.75, 3.05) is 13.1 Å². The van der Waals surface area contributed by atoms with Gasteiger partial charge in [-0.25, -0.2) is 8.42 Å². The molecule has 0 aromatic carbocycles. The molecule has 1 fully saturated rings. The molecule has 0 saturated carbocycles. The van der Waals surface area contributed by atoms with Gasteiger partial charge in [-0.05, 0) is 30.2 Å². The van der Waals surface area contributed by atoms with Crippen molar-refractivity contribution in [1.29, 1.82) is 0 Å². The highest BCUT2D eigenvalue weighted by Gasteiger charge is 2.30. The average molecular weight is 311 g/mol. The molecule has 0 atom stereocenters. The monoisotopic (exact) mass is 311 g/mol. The van der Waals surface area contributed by atoms with E-state index < -0.39 is 10.0 Å². The summed E-state index contributed by atoms with van der Waals surface area (Å²) < 4.78 is 28.0. The van der Waals surface area contributed by atoms with Crippen molar-refractivity contribution in [3.63, 3.8) is 0 Å². The van der Waals surface area contributed by atoms with Crippen molar-refractivity contribution >= 4 is 21.4 Å². The maximum Gasteiger partial charge on any atom is 0.246 e. The van der Waals surface area contributed by atoms with Gasteiger partial charge in [-0.15, -0.1) is 11.3 Å². The zero-order valence-electron chi connectivity index (χ0n) is 11.3. The molecule has 2 aromatic heterocycles. The number of aryl methyl sites for hydroxylation is 1. The third kappa shape index (κ3) is 2.53. The topological polar surface area (TPSA) is 55.2 Å². The van der Waals surface area contributed by atoms with E-state index in [2.05, 4.69) is 22.6 Å². The summed E-state index contributed by atoms with van der Waals surface area (Å²) in [5, 5.41) is 6.02. The highest BCUT2D eigenvalue weighted by atomic mass is 32.2. The van der Waals surface area contributed by atoms with Crippen molar-refractivity contribution in [3.05, 3.63) is 34.8 Å². The van der Waals surface area contributed by atoms with E-state index in [1.165, 1.54) is 15.8 Å². The Morgan fingerprint density at radius 3 is 2.65 bits per heavy atom. The van der Waals surface area contributed by atoms with E-state index >= 15 is 0 Å². The van der Waals surface area contributed by atoms with Crippen LogP contribution in [0.5, 0.6) is 0 Å². The summed E-state index contributed by atoms with van der Waals surface area (Å²) in [4.78, 5) is 1.65. The highest BCUT2D eigenvalue weighted by molar-refractivity contribution is 7.89. The number of aromatic nitrogens is 2. The average Bonchev–Trinajstić information content (AvgIpc) is 3.10. The van der Waals surface area contributed by atoms with Crippen LogP contribution in [-0.4, -0.2) is 35.6 Å². The Labute approximate surface area is 122 Å². The molecule has 108 valence electrons. The van der Waals surface area contributed by atoms with Crippen molar-refractivity contribution in [1.82, 2.24) is 14.1 Å². The molecular weight excluding hydrogens is 294 g/mol. The highest BCUT2D eigenvalue weighted by Crippen LogP contribution is 2.32. The first-order chi connectivity index (χ1) is 9.57. The maximum atomic E-state index is 12.5. The SMILES string of the molecule is Cn1cc(S(=O)(=O)N2CCC(c3cccs3)CC2)cn1. The van der Waals surface area contributed by atoms with Gasteiger partial charge >= 0.3 is 0 Å². The second kappa shape index (κ2) is 5.31. The summed E-state index contributed by atoms with van der Waals surface area (Å²) in [5.41, 5.74) is 0. The second-order valence-corrected chi connectivity index (χ2v) is 7.96. The van der Waals surface area contributed by atoms with Crippen molar-refractivity contribution < 1.29 is 8.42 Å². The van der Waals surface area contributed by atoms with E-state index in [4.69, 9.17) is 0 Å². The van der Waals surface area contributed by atoms with Crippen molar-refractivity contribution in [2.45, 2.75) is 23.7 Å². The third-order valence-electron chi connectivity index (χ3n) is 3.72. The Hall–Kier alpha value is -1.18. The van der Waals surface area contributed by atoms with E-state index in [0.717, 1.165) is 12.8 Å². The van der Waals surface area contributed by atoms with Crippen LogP contribution < -0.4 is 0 Å². The van der Waals surface area contributed by atoms with Crippen LogP contribution in [0.25, 0.3) is 0 Å². The number of hydrogen-bond donors (Lipinski definition) is 0. The van der Waals surface area contributed by atoms with Crippen LogP contribution in [0.3, 0.4) is 0 Å². The quantitative estimate of drug-likeness (QED) is 0.872. The van der Waals surface area contributed by atoms with Crippen LogP contribution in [0.2, 0.25) is 0 Å². The van der Waals surface area contributed by atoms with E-state index in [-0.39, 0.29) is 4.90 Å². The minimum Gasteiger partial charge on any atom is -0.274 e. The molecule has 0 N–H and O–H groups in total. The molecule has 0 aliphatic carbocycles. The zero-order valence-corrected chi connectivity index (χ0v) is 12.9. The standard InChI is InChI=1S/C13H17N3O2S2/c1-15-10-12(9-14-15)20(17,18)16-6-4-11(5-7-16)13-3-2-8-19-13/h2-3,8-11H,4-7H2,1H3. The summed E-state index contributed by atoms with van der Waals surface area (Å²) >= 11 is 1.76. The van der Waals surface area contributed by atoms with Gasteiger partial charge in [-0.2, -0.15) is 9.40 Å². The molecule has 20 heavy (non-hydrogen) atoms. The Kier molecular flexibility index (Phi) is 3.66. The Bertz CT molecular complexity index is 668. The van der Waals surface area contributed by atoms with Gasteiger partial charge in [0.2, 0.25) is 10.0 Å². The first kappa shape index (κ1) is 13.8. The van der Waals surface area contributed by atoms with E-state index in [9.17, 15) is 8.42 Å². The van der Waals surface area contributed by atoms with Gasteiger partial charge in [0.25, 0.3) is 0 Å². The lowest BCUT2D eigenvalue weighted by Gasteiger charge is -2.30. The molecule has 3 heterocycles. The summed E-state index contributed by atoms with van der Waals surface area (Å²) in [6.45, 7) is 1.17. The van der Waals surface area contributed by atoms with Crippen LogP contribution in [0.1, 0.15) is 23.6 Å². The van der Waals surface area contributed by atoms with Crippen molar-refractivity contribution in [3.8, 4) is 0 Å². The molecule has 1 saturated heterocycles. The number of sulfonamides is 1. The molecule has 0 bridgehead atoms. The molecule has 0 spiro atoms. The predicted octanol–water partition coefficient (Wildman–Crippen LogP) is 2.05. The first-order valence-corrected chi connectivity index (χ1v) is 8.91. The van der Waals surface area contributed by atoms with E-state index in [1.807, 2.05) is 0 Å². The van der Waals surface area contributed by atoms with E-state index in [1.54, 1.807) is 28.9 Å². The molecule has 1 aliphatic rings. The van der Waals surface area contributed by atoms with Crippen LogP contribution >= 0.6 is 11.3 Å². The molecule has 5 nitrogen and oxygen atoms in total. The Morgan fingerprint density at radius 2 is 2.10 bits per heavy atom. The minimum absolute atomic E-state index is 0.287. The smallest absolute Gasteiger partial charge is 0.246 e. The summed E-state index contributed by atoms with van der Waals surface area (Å²) in [5.74, 6) is 0.496. The third-order valence-corrected chi connectivity index (χ3v) is 6.60. The van der Waals surface area contributed by atoms with Gasteiger partial charge in [0, 0.05) is 31.2 Å². The van der Waals surface area contributed by atoms with E-state index in [0.29, 0.717) is 19.0 Å². The Balaban J connectivity index is 1.72. The number of rotatable bonds is 3. The summed E-state index contributed by atoms with van der Waals surface area (Å²) in [6, 6.07) is 4.19. The first-order valence-electron chi connectivity index (χ1n) is 6.59. The number of hydrogen-bond acceptors (Lipinski definition) is 4. The van der Waals surface area contributed by atoms with Crippen molar-refractivity contribution in [2.24, 2.45) is 7.05 Å². The fourth-order valence-electron chi connectivity index (χ4n) is 2.59. The lowest BCUT2D eigenvalue weighted by atomic mass is 9.97. The van der Waals surface area contributed by atoms with Gasteiger partial charge in [0.15, 0.2) is 0 Å². The molecule has 7 heteroatoms. The molecule has 0 radical (unpaired) electrons. The fraction of sp³-hybridized carbons (Fsp3) is 0.462. The largest absolute Gasteiger partial charge is 0.274 e. The fourth-order valence-corrected chi connectivity index (χ4v) is 4.94. The van der Waals surface area contributed by atoms with Gasteiger partial charge in [0.05, 0.1) is 6.20 Å². The number of nitrogens with zero attached hydrogens (tertiary/aromatic N) is 3. The molecule has 2 aromatic rings. The molecule has 1 aliphatic heterocycles. The van der Waals surface area contributed by atoms with Crippen LogP contribution in [0, 0.1) is 0 Å². The normalized spacial score (nSPS) is 18.4. The van der Waals surface area contributed by atoms with Crippen LogP contribution in [0.4, 0.5) is 0 Å². The van der Waals surface area contributed by atoms with Crippen LogP contribution in [-0.2, 0) is 17.1 Å². The van der Waals surface area contributed by atoms with Gasteiger partial charge in [-0.3, -0.25) is 4.68 Å². The molecule has 3 rings (SSSR count). The zero-order chi connectivity index (χ0) is 14.2. The lowest BCUT2D eigenvalue weighted by molar-refractivity contribution is 0.321.